The number of alkyl halides is 2. The minimum atomic E-state index is -2.47. The number of hydrogen-bond acceptors (Lipinski definition) is 4. The van der Waals surface area contributed by atoms with Crippen LogP contribution in [0.5, 0.6) is 0 Å². The largest absolute Gasteiger partial charge is 0.384 e. The first-order valence-corrected chi connectivity index (χ1v) is 6.11. The predicted octanol–water partition coefficient (Wildman–Crippen LogP) is 1.81. The summed E-state index contributed by atoms with van der Waals surface area (Å²) in [6, 6.07) is 3.58. The number of hydrogen-bond donors (Lipinski definition) is 2. The fourth-order valence-corrected chi connectivity index (χ4v) is 1.97. The van der Waals surface area contributed by atoms with Gasteiger partial charge in [0.05, 0.1) is 11.9 Å². The highest BCUT2D eigenvalue weighted by atomic mass is 19.3. The molecule has 0 bridgehead atoms. The van der Waals surface area contributed by atoms with Crippen molar-refractivity contribution in [1.29, 1.82) is 0 Å². The topological polar surface area (TPSA) is 54.2 Å². The van der Waals surface area contributed by atoms with E-state index in [2.05, 4.69) is 15.2 Å². The van der Waals surface area contributed by atoms with Gasteiger partial charge in [0, 0.05) is 39.0 Å². The first-order chi connectivity index (χ1) is 8.55. The van der Waals surface area contributed by atoms with Gasteiger partial charge in [-0.15, -0.1) is 0 Å². The molecular formula is C12H18F2N4. The van der Waals surface area contributed by atoms with Gasteiger partial charge in [0.2, 0.25) is 0 Å². The average Bonchev–Trinajstić information content (AvgIpc) is 2.34. The molecule has 0 unspecified atom stereocenters. The molecule has 6 heteroatoms. The summed E-state index contributed by atoms with van der Waals surface area (Å²) in [5.41, 5.74) is 6.37. The molecule has 100 valence electrons. The molecule has 1 aliphatic rings. The van der Waals surface area contributed by atoms with Crippen molar-refractivity contribution in [2.45, 2.75) is 18.8 Å². The van der Waals surface area contributed by atoms with Crippen molar-refractivity contribution < 1.29 is 8.78 Å². The van der Waals surface area contributed by atoms with E-state index in [9.17, 15) is 8.78 Å². The lowest BCUT2D eigenvalue weighted by atomic mass is 10.1. The maximum Gasteiger partial charge on any atom is 0.250 e. The molecule has 18 heavy (non-hydrogen) atoms. The van der Waals surface area contributed by atoms with Crippen LogP contribution in [0.4, 0.5) is 20.3 Å². The Labute approximate surface area is 105 Å². The average molecular weight is 256 g/mol. The highest BCUT2D eigenvalue weighted by Crippen LogP contribution is 2.27. The van der Waals surface area contributed by atoms with Gasteiger partial charge in [0.25, 0.3) is 5.92 Å². The molecule has 0 spiro atoms. The lowest BCUT2D eigenvalue weighted by molar-refractivity contribution is -0.0543. The van der Waals surface area contributed by atoms with E-state index in [-0.39, 0.29) is 12.8 Å². The second-order valence-electron chi connectivity index (χ2n) is 4.60. The monoisotopic (exact) mass is 256 g/mol. The number of nitrogen functional groups attached to an aromatic ring is 1. The van der Waals surface area contributed by atoms with Crippen molar-refractivity contribution in [2.75, 3.05) is 37.2 Å². The van der Waals surface area contributed by atoms with E-state index >= 15 is 0 Å². The Balaban J connectivity index is 1.68. The van der Waals surface area contributed by atoms with E-state index in [0.717, 1.165) is 18.8 Å². The quantitative estimate of drug-likeness (QED) is 0.862. The molecule has 2 rings (SSSR count). The molecule has 1 aliphatic heterocycles. The van der Waals surface area contributed by atoms with Crippen LogP contribution in [0.2, 0.25) is 0 Å². The second-order valence-corrected chi connectivity index (χ2v) is 4.60. The number of rotatable bonds is 4. The predicted molar refractivity (Wildman–Crippen MR) is 67.8 cm³/mol. The maximum absolute atomic E-state index is 12.9. The molecule has 0 atom stereocenters. The van der Waals surface area contributed by atoms with Crippen LogP contribution in [0.15, 0.2) is 18.3 Å². The lowest BCUT2D eigenvalue weighted by Gasteiger charge is -2.31. The van der Waals surface area contributed by atoms with Gasteiger partial charge in [-0.2, -0.15) is 0 Å². The number of anilines is 2. The lowest BCUT2D eigenvalue weighted by Crippen LogP contribution is -2.41. The van der Waals surface area contributed by atoms with E-state index in [0.29, 0.717) is 18.9 Å². The van der Waals surface area contributed by atoms with Gasteiger partial charge in [0.15, 0.2) is 0 Å². The summed E-state index contributed by atoms with van der Waals surface area (Å²) in [4.78, 5) is 6.02. The molecule has 3 N–H and O–H groups in total. The summed E-state index contributed by atoms with van der Waals surface area (Å²) in [6.07, 6.45) is 1.60. The van der Waals surface area contributed by atoms with Crippen LogP contribution in [0.1, 0.15) is 12.8 Å². The summed E-state index contributed by atoms with van der Waals surface area (Å²) in [5.74, 6) is -1.98. The van der Waals surface area contributed by atoms with Gasteiger partial charge < -0.3 is 16.0 Å². The van der Waals surface area contributed by atoms with E-state index in [1.165, 1.54) is 0 Å². The molecule has 1 fully saturated rings. The molecule has 1 aromatic heterocycles. The Kier molecular flexibility index (Phi) is 3.96. The Bertz CT molecular complexity index is 370. The number of nitrogens with one attached hydrogen (secondary N) is 1. The Morgan fingerprint density at radius 3 is 2.67 bits per heavy atom. The van der Waals surface area contributed by atoms with E-state index in [4.69, 9.17) is 5.73 Å². The third-order valence-corrected chi connectivity index (χ3v) is 3.13. The standard InChI is InChI=1S/C12H18F2N4/c13-12(14)3-6-18(7-4-12)8-5-16-10-1-2-11(15)17-9-10/h1-2,9,16H,3-8H2,(H2,15,17). The van der Waals surface area contributed by atoms with Crippen molar-refractivity contribution in [3.8, 4) is 0 Å². The zero-order chi connectivity index (χ0) is 13.0. The molecule has 4 nitrogen and oxygen atoms in total. The number of pyridine rings is 1. The van der Waals surface area contributed by atoms with Gasteiger partial charge in [-0.25, -0.2) is 13.8 Å². The van der Waals surface area contributed by atoms with Gasteiger partial charge in [-0.3, -0.25) is 0 Å². The minimum absolute atomic E-state index is 0.0313. The highest BCUT2D eigenvalue weighted by molar-refractivity contribution is 5.45. The molecule has 0 saturated carbocycles. The SMILES string of the molecule is Nc1ccc(NCCN2CCC(F)(F)CC2)cn1. The molecular weight excluding hydrogens is 238 g/mol. The zero-order valence-electron chi connectivity index (χ0n) is 10.2. The zero-order valence-corrected chi connectivity index (χ0v) is 10.2. The summed E-state index contributed by atoms with van der Waals surface area (Å²) in [5, 5.41) is 3.19. The molecule has 1 saturated heterocycles. The van der Waals surface area contributed by atoms with Crippen molar-refractivity contribution in [3.63, 3.8) is 0 Å². The first kappa shape index (κ1) is 13.0. The Morgan fingerprint density at radius 2 is 2.06 bits per heavy atom. The summed E-state index contributed by atoms with van der Waals surface area (Å²) in [6.45, 7) is 2.42. The molecule has 0 aromatic carbocycles. The molecule has 0 aliphatic carbocycles. The fraction of sp³-hybridized carbons (Fsp3) is 0.583. The third kappa shape index (κ3) is 3.80. The normalized spacial score (nSPS) is 19.7. The van der Waals surface area contributed by atoms with Crippen molar-refractivity contribution in [3.05, 3.63) is 18.3 Å². The molecule has 0 radical (unpaired) electrons. The fourth-order valence-electron chi connectivity index (χ4n) is 1.97. The number of likely N-dealkylation sites (tertiary alicyclic amines) is 1. The number of halogens is 2. The van der Waals surface area contributed by atoms with Gasteiger partial charge in [0.1, 0.15) is 5.82 Å². The highest BCUT2D eigenvalue weighted by Gasteiger charge is 2.33. The number of nitrogens with two attached hydrogens (primary N) is 1. The van der Waals surface area contributed by atoms with Crippen LogP contribution in [-0.2, 0) is 0 Å². The van der Waals surface area contributed by atoms with E-state index in [1.54, 1.807) is 12.3 Å². The van der Waals surface area contributed by atoms with E-state index in [1.807, 2.05) is 6.07 Å². The summed E-state index contributed by atoms with van der Waals surface area (Å²) in [7, 11) is 0. The van der Waals surface area contributed by atoms with E-state index < -0.39 is 5.92 Å². The van der Waals surface area contributed by atoms with Crippen LogP contribution in [-0.4, -0.2) is 42.0 Å². The van der Waals surface area contributed by atoms with Crippen LogP contribution in [0.25, 0.3) is 0 Å². The number of nitrogens with zero attached hydrogens (tertiary/aromatic N) is 2. The first-order valence-electron chi connectivity index (χ1n) is 6.11. The Hall–Kier alpha value is -1.43. The maximum atomic E-state index is 12.9. The summed E-state index contributed by atoms with van der Waals surface area (Å²) < 4.78 is 25.9. The van der Waals surface area contributed by atoms with Crippen molar-refractivity contribution >= 4 is 11.5 Å². The second kappa shape index (κ2) is 5.48. The number of piperidine rings is 1. The Morgan fingerprint density at radius 1 is 1.33 bits per heavy atom. The van der Waals surface area contributed by atoms with Crippen LogP contribution >= 0.6 is 0 Å². The van der Waals surface area contributed by atoms with Gasteiger partial charge in [-0.1, -0.05) is 0 Å². The minimum Gasteiger partial charge on any atom is -0.384 e. The van der Waals surface area contributed by atoms with Crippen LogP contribution in [0.3, 0.4) is 0 Å². The molecule has 0 amide bonds. The van der Waals surface area contributed by atoms with Crippen molar-refractivity contribution in [2.24, 2.45) is 0 Å². The molecule has 2 heterocycles. The van der Waals surface area contributed by atoms with Gasteiger partial charge >= 0.3 is 0 Å². The van der Waals surface area contributed by atoms with Gasteiger partial charge in [-0.05, 0) is 12.1 Å². The third-order valence-electron chi connectivity index (χ3n) is 3.13. The van der Waals surface area contributed by atoms with Crippen molar-refractivity contribution in [1.82, 2.24) is 9.88 Å². The number of aromatic nitrogens is 1. The molecule has 1 aromatic rings. The van der Waals surface area contributed by atoms with Crippen LogP contribution in [0, 0.1) is 0 Å². The smallest absolute Gasteiger partial charge is 0.250 e. The summed E-state index contributed by atoms with van der Waals surface area (Å²) >= 11 is 0. The van der Waals surface area contributed by atoms with Crippen LogP contribution < -0.4 is 11.1 Å².